The van der Waals surface area contributed by atoms with Crippen LogP contribution in [0.15, 0.2) is 0 Å². The third kappa shape index (κ3) is 10.5. The quantitative estimate of drug-likeness (QED) is 0.486. The molecule has 0 fully saturated rings. The summed E-state index contributed by atoms with van der Waals surface area (Å²) in [6.45, 7) is 12.8. The Morgan fingerprint density at radius 1 is 1.14 bits per heavy atom. The lowest BCUT2D eigenvalue weighted by Gasteiger charge is -2.26. The van der Waals surface area contributed by atoms with Gasteiger partial charge in [0.1, 0.15) is 6.10 Å². The van der Waals surface area contributed by atoms with E-state index in [1.54, 1.807) is 0 Å². The third-order valence-corrected chi connectivity index (χ3v) is 3.38. The molecule has 0 aromatic rings. The highest BCUT2D eigenvalue weighted by atomic mass is 16.4. The molecule has 0 saturated heterocycles. The van der Waals surface area contributed by atoms with E-state index in [4.69, 9.17) is 10.2 Å². The van der Waals surface area contributed by atoms with Crippen LogP contribution in [0.25, 0.3) is 0 Å². The molecule has 0 spiro atoms. The molecular weight excluding hydrogens is 288 g/mol. The van der Waals surface area contributed by atoms with Crippen molar-refractivity contribution in [1.29, 1.82) is 0 Å². The molecule has 0 rings (SSSR count). The Morgan fingerprint density at radius 2 is 1.59 bits per heavy atom. The Labute approximate surface area is 133 Å². The molecule has 0 aliphatic carbocycles. The van der Waals surface area contributed by atoms with Gasteiger partial charge in [-0.3, -0.25) is 9.59 Å². The normalized spacial score (nSPS) is 12.4. The summed E-state index contributed by atoms with van der Waals surface area (Å²) in [5.41, 5.74) is -0.937. The molecule has 0 heterocycles. The Balaban J connectivity index is 0. The molecule has 132 valence electrons. The minimum atomic E-state index is -1.35. The third-order valence-electron chi connectivity index (χ3n) is 3.38. The Morgan fingerprint density at radius 3 is 1.86 bits per heavy atom. The summed E-state index contributed by atoms with van der Waals surface area (Å²) >= 11 is 0. The van der Waals surface area contributed by atoms with Crippen LogP contribution in [-0.4, -0.2) is 71.0 Å². The van der Waals surface area contributed by atoms with Crippen LogP contribution in [0.3, 0.4) is 0 Å². The van der Waals surface area contributed by atoms with Crippen LogP contribution in [0, 0.1) is 5.41 Å². The van der Waals surface area contributed by atoms with Crippen LogP contribution in [-0.2, 0) is 9.59 Å². The second-order valence-corrected chi connectivity index (χ2v) is 5.60. The van der Waals surface area contributed by atoms with Crippen molar-refractivity contribution in [1.82, 2.24) is 10.2 Å². The highest BCUT2D eigenvalue weighted by Crippen LogP contribution is 2.19. The predicted molar refractivity (Wildman–Crippen MR) is 85.6 cm³/mol. The number of carboxylic acids is 1. The lowest BCUT2D eigenvalue weighted by Crippen LogP contribution is -2.45. The molecule has 1 atom stereocenters. The van der Waals surface area contributed by atoms with Crippen molar-refractivity contribution in [3.05, 3.63) is 0 Å². The largest absolute Gasteiger partial charge is 0.481 e. The van der Waals surface area contributed by atoms with Gasteiger partial charge in [-0.15, -0.1) is 0 Å². The first-order valence-electron chi connectivity index (χ1n) is 7.66. The van der Waals surface area contributed by atoms with E-state index < -0.39 is 23.4 Å². The van der Waals surface area contributed by atoms with E-state index in [-0.39, 0.29) is 19.6 Å². The van der Waals surface area contributed by atoms with Crippen LogP contribution in [0.1, 0.15) is 41.0 Å². The number of carbonyl (C=O) groups excluding carboxylic acids is 1. The SMILES string of the molecule is CC(C)(CO)C(O)C(=O)NCCC(=O)O.CCN(CC)CC. The molecule has 0 bridgehead atoms. The van der Waals surface area contributed by atoms with Gasteiger partial charge in [-0.2, -0.15) is 0 Å². The number of hydrogen-bond donors (Lipinski definition) is 4. The Bertz CT molecular complexity index is 312. The van der Waals surface area contributed by atoms with Gasteiger partial charge < -0.3 is 25.5 Å². The van der Waals surface area contributed by atoms with Gasteiger partial charge in [0.25, 0.3) is 0 Å². The number of nitrogens with zero attached hydrogens (tertiary/aromatic N) is 1. The Kier molecular flexibility index (Phi) is 13.0. The molecule has 1 unspecified atom stereocenters. The van der Waals surface area contributed by atoms with Crippen LogP contribution >= 0.6 is 0 Å². The zero-order valence-corrected chi connectivity index (χ0v) is 14.4. The zero-order chi connectivity index (χ0) is 17.8. The van der Waals surface area contributed by atoms with E-state index in [9.17, 15) is 14.7 Å². The van der Waals surface area contributed by atoms with Gasteiger partial charge in [-0.25, -0.2) is 0 Å². The first-order chi connectivity index (χ1) is 10.2. The smallest absolute Gasteiger partial charge is 0.305 e. The molecule has 22 heavy (non-hydrogen) atoms. The first kappa shape index (κ1) is 23.1. The van der Waals surface area contributed by atoms with Crippen molar-refractivity contribution in [2.75, 3.05) is 32.8 Å². The molecule has 0 radical (unpaired) electrons. The molecule has 0 saturated carbocycles. The number of aliphatic hydroxyl groups is 2. The summed E-state index contributed by atoms with van der Waals surface area (Å²) in [6, 6.07) is 0. The van der Waals surface area contributed by atoms with Crippen molar-refractivity contribution in [2.45, 2.75) is 47.1 Å². The summed E-state index contributed by atoms with van der Waals surface area (Å²) < 4.78 is 0. The molecule has 0 aromatic carbocycles. The number of aliphatic hydroxyl groups excluding tert-OH is 2. The first-order valence-corrected chi connectivity index (χ1v) is 7.66. The number of nitrogens with one attached hydrogen (secondary N) is 1. The summed E-state index contributed by atoms with van der Waals surface area (Å²) in [6.07, 6.45) is -1.55. The zero-order valence-electron chi connectivity index (χ0n) is 14.4. The molecular formula is C15H32N2O5. The number of rotatable bonds is 9. The molecule has 0 aromatic heterocycles. The number of amides is 1. The number of carboxylic acid groups (broad SMARTS) is 1. The molecule has 0 aliphatic rings. The second kappa shape index (κ2) is 12.4. The second-order valence-electron chi connectivity index (χ2n) is 5.60. The van der Waals surface area contributed by atoms with Crippen LogP contribution < -0.4 is 5.32 Å². The van der Waals surface area contributed by atoms with Gasteiger partial charge in [0.05, 0.1) is 13.0 Å². The highest BCUT2D eigenvalue weighted by molar-refractivity contribution is 5.81. The fourth-order valence-electron chi connectivity index (χ4n) is 1.50. The van der Waals surface area contributed by atoms with E-state index in [0.29, 0.717) is 0 Å². The van der Waals surface area contributed by atoms with Crippen molar-refractivity contribution in [2.24, 2.45) is 5.41 Å². The maximum Gasteiger partial charge on any atom is 0.305 e. The molecule has 0 aliphatic heterocycles. The lowest BCUT2D eigenvalue weighted by atomic mass is 9.87. The van der Waals surface area contributed by atoms with Crippen molar-refractivity contribution < 1.29 is 24.9 Å². The minimum Gasteiger partial charge on any atom is -0.481 e. The average Bonchev–Trinajstić information content (AvgIpc) is 2.48. The van der Waals surface area contributed by atoms with E-state index in [0.717, 1.165) is 0 Å². The van der Waals surface area contributed by atoms with Crippen LogP contribution in [0.2, 0.25) is 0 Å². The standard InChI is InChI=1S/C9H17NO5.C6H15N/c1-9(2,5-11)7(14)8(15)10-4-3-6(12)13;1-4-7(5-2)6-3/h7,11,14H,3-5H2,1-2H3,(H,10,15)(H,12,13);4-6H2,1-3H3. The minimum absolute atomic E-state index is 0.0350. The van der Waals surface area contributed by atoms with Gasteiger partial charge in [-0.05, 0) is 19.6 Å². The number of hydrogen-bond acceptors (Lipinski definition) is 5. The van der Waals surface area contributed by atoms with Crippen molar-refractivity contribution >= 4 is 11.9 Å². The summed E-state index contributed by atoms with van der Waals surface area (Å²) in [7, 11) is 0. The monoisotopic (exact) mass is 320 g/mol. The van der Waals surface area contributed by atoms with Crippen LogP contribution in [0.4, 0.5) is 0 Å². The van der Waals surface area contributed by atoms with Gasteiger partial charge in [0.15, 0.2) is 0 Å². The number of carbonyl (C=O) groups is 2. The average molecular weight is 320 g/mol. The van der Waals surface area contributed by atoms with E-state index >= 15 is 0 Å². The van der Waals surface area contributed by atoms with Crippen molar-refractivity contribution in [3.8, 4) is 0 Å². The predicted octanol–water partition coefficient (Wildman–Crippen LogP) is 0.305. The molecule has 7 heteroatoms. The Hall–Kier alpha value is -1.18. The molecule has 4 N–H and O–H groups in total. The fraction of sp³-hybridized carbons (Fsp3) is 0.867. The van der Waals surface area contributed by atoms with Crippen LogP contribution in [0.5, 0.6) is 0 Å². The fourth-order valence-corrected chi connectivity index (χ4v) is 1.50. The van der Waals surface area contributed by atoms with Gasteiger partial charge >= 0.3 is 5.97 Å². The highest BCUT2D eigenvalue weighted by Gasteiger charge is 2.32. The van der Waals surface area contributed by atoms with Crippen molar-refractivity contribution in [3.63, 3.8) is 0 Å². The summed E-state index contributed by atoms with van der Waals surface area (Å²) in [5, 5.41) is 29.0. The van der Waals surface area contributed by atoms with E-state index in [2.05, 4.69) is 31.0 Å². The lowest BCUT2D eigenvalue weighted by molar-refractivity contribution is -0.138. The maximum atomic E-state index is 11.3. The van der Waals surface area contributed by atoms with E-state index in [1.165, 1.54) is 33.5 Å². The van der Waals surface area contributed by atoms with Gasteiger partial charge in [0.2, 0.25) is 5.91 Å². The molecule has 7 nitrogen and oxygen atoms in total. The van der Waals surface area contributed by atoms with Gasteiger partial charge in [-0.1, -0.05) is 34.6 Å². The molecule has 1 amide bonds. The summed E-state index contributed by atoms with van der Waals surface area (Å²) in [4.78, 5) is 23.8. The van der Waals surface area contributed by atoms with Gasteiger partial charge in [0, 0.05) is 12.0 Å². The number of aliphatic carboxylic acids is 1. The topological polar surface area (TPSA) is 110 Å². The van der Waals surface area contributed by atoms with E-state index in [1.807, 2.05) is 0 Å². The summed E-state index contributed by atoms with van der Waals surface area (Å²) in [5.74, 6) is -1.69. The maximum absolute atomic E-state index is 11.3.